The highest BCUT2D eigenvalue weighted by Gasteiger charge is 2.22. The molecule has 1 aliphatic rings. The summed E-state index contributed by atoms with van der Waals surface area (Å²) in [5, 5.41) is 14.6. The zero-order valence-corrected chi connectivity index (χ0v) is 18.3. The summed E-state index contributed by atoms with van der Waals surface area (Å²) < 4.78 is 22.6. The molecule has 4 heterocycles. The summed E-state index contributed by atoms with van der Waals surface area (Å²) >= 11 is 2.88. The van der Waals surface area contributed by atoms with Gasteiger partial charge >= 0.3 is 0 Å². The number of aromatic nitrogens is 6. The maximum Gasteiger partial charge on any atom is 0.275 e. The lowest BCUT2D eigenvalue weighted by Gasteiger charge is -2.14. The van der Waals surface area contributed by atoms with Crippen LogP contribution in [-0.4, -0.2) is 42.1 Å². The molecule has 0 radical (unpaired) electrons. The molecule has 1 fully saturated rings. The summed E-state index contributed by atoms with van der Waals surface area (Å²) in [6.07, 6.45) is 2.12. The number of aryl methyl sites for hydroxylation is 1. The molecule has 11 heteroatoms. The molecule has 1 aromatic carbocycles. The Labute approximate surface area is 185 Å². The highest BCUT2D eigenvalue weighted by molar-refractivity contribution is 7.98. The molecular weight excluding hydrogens is 439 g/mol. The molecule has 8 nitrogen and oxygen atoms in total. The SMILES string of the molecule is Cc1cc(=O)n2nc(CSc3nnc(-c4ccc(F)cc4)n3C[C@@H]3CCCO3)sc2n1. The van der Waals surface area contributed by atoms with E-state index in [-0.39, 0.29) is 17.5 Å². The Morgan fingerprint density at radius 1 is 1.29 bits per heavy atom. The van der Waals surface area contributed by atoms with Gasteiger partial charge in [0.05, 0.1) is 18.4 Å². The molecule has 1 aliphatic heterocycles. The predicted octanol–water partition coefficient (Wildman–Crippen LogP) is 3.33. The van der Waals surface area contributed by atoms with Gasteiger partial charge in [-0.2, -0.15) is 9.61 Å². The second kappa shape index (κ2) is 8.48. The minimum Gasteiger partial charge on any atom is -0.376 e. The fourth-order valence-electron chi connectivity index (χ4n) is 3.51. The Kier molecular flexibility index (Phi) is 5.55. The fraction of sp³-hybridized carbons (Fsp3) is 0.350. The van der Waals surface area contributed by atoms with Crippen LogP contribution in [0.1, 0.15) is 23.5 Å². The highest BCUT2D eigenvalue weighted by atomic mass is 32.2. The van der Waals surface area contributed by atoms with Crippen molar-refractivity contribution in [3.05, 3.63) is 57.2 Å². The summed E-state index contributed by atoms with van der Waals surface area (Å²) in [5.41, 5.74) is 1.29. The number of hydrogen-bond donors (Lipinski definition) is 0. The van der Waals surface area contributed by atoms with Crippen molar-refractivity contribution in [2.45, 2.75) is 43.3 Å². The Morgan fingerprint density at radius 3 is 2.90 bits per heavy atom. The third-order valence-corrected chi connectivity index (χ3v) is 7.04. The van der Waals surface area contributed by atoms with Gasteiger partial charge in [-0.1, -0.05) is 23.1 Å². The van der Waals surface area contributed by atoms with Gasteiger partial charge in [-0.3, -0.25) is 9.36 Å². The molecular formula is C20H19FN6O2S2. The van der Waals surface area contributed by atoms with Crippen molar-refractivity contribution in [3.8, 4) is 11.4 Å². The number of ether oxygens (including phenoxy) is 1. The van der Waals surface area contributed by atoms with Crippen LogP contribution in [-0.2, 0) is 17.0 Å². The Hall–Kier alpha value is -2.63. The second-order valence-electron chi connectivity index (χ2n) is 7.27. The fourth-order valence-corrected chi connectivity index (χ4v) is 5.39. The van der Waals surface area contributed by atoms with Gasteiger partial charge in [0.15, 0.2) is 11.0 Å². The molecule has 1 saturated heterocycles. The van der Waals surface area contributed by atoms with Crippen LogP contribution >= 0.6 is 23.1 Å². The van der Waals surface area contributed by atoms with E-state index in [9.17, 15) is 9.18 Å². The molecule has 1 atom stereocenters. The van der Waals surface area contributed by atoms with Crippen LogP contribution in [0.5, 0.6) is 0 Å². The van der Waals surface area contributed by atoms with Crippen molar-refractivity contribution >= 4 is 28.1 Å². The van der Waals surface area contributed by atoms with Crippen LogP contribution in [0.15, 0.2) is 40.3 Å². The van der Waals surface area contributed by atoms with Crippen molar-refractivity contribution in [3.63, 3.8) is 0 Å². The standard InChI is InChI=1S/C20H19FN6O2S2/c1-12-9-17(28)27-19(22-12)31-16(25-27)11-30-20-24-23-18(13-4-6-14(21)7-5-13)26(20)10-15-3-2-8-29-15/h4-7,9,15H,2-3,8,10-11H2,1H3/t15-/m0/s1. The molecule has 0 aliphatic carbocycles. The minimum absolute atomic E-state index is 0.0998. The molecule has 0 amide bonds. The van der Waals surface area contributed by atoms with Crippen molar-refractivity contribution < 1.29 is 9.13 Å². The van der Waals surface area contributed by atoms with E-state index >= 15 is 0 Å². The summed E-state index contributed by atoms with van der Waals surface area (Å²) in [5.74, 6) is 0.911. The van der Waals surface area contributed by atoms with Crippen molar-refractivity contribution in [2.24, 2.45) is 0 Å². The first-order valence-electron chi connectivity index (χ1n) is 9.87. The zero-order chi connectivity index (χ0) is 21.4. The van der Waals surface area contributed by atoms with Crippen molar-refractivity contribution in [1.29, 1.82) is 0 Å². The van der Waals surface area contributed by atoms with Crippen LogP contribution in [0.25, 0.3) is 16.3 Å². The third kappa shape index (κ3) is 4.25. The first-order chi connectivity index (χ1) is 15.1. The quantitative estimate of drug-likeness (QED) is 0.410. The normalized spacial score (nSPS) is 16.4. The molecule has 160 valence electrons. The Morgan fingerprint density at radius 2 is 2.13 bits per heavy atom. The number of rotatable bonds is 6. The first-order valence-corrected chi connectivity index (χ1v) is 11.7. The highest BCUT2D eigenvalue weighted by Crippen LogP contribution is 2.29. The maximum atomic E-state index is 13.4. The first kappa shape index (κ1) is 20.3. The van der Waals surface area contributed by atoms with Gasteiger partial charge in [-0.05, 0) is 44.0 Å². The topological polar surface area (TPSA) is 87.2 Å². The van der Waals surface area contributed by atoms with E-state index in [0.717, 1.165) is 35.2 Å². The molecule has 0 saturated carbocycles. The number of fused-ring (bicyclic) bond motifs is 1. The average molecular weight is 459 g/mol. The average Bonchev–Trinajstić information content (AvgIpc) is 3.48. The van der Waals surface area contributed by atoms with Crippen LogP contribution in [0.3, 0.4) is 0 Å². The number of nitrogens with zero attached hydrogens (tertiary/aromatic N) is 6. The van der Waals surface area contributed by atoms with Crippen LogP contribution in [0, 0.1) is 12.7 Å². The van der Waals surface area contributed by atoms with Gasteiger partial charge in [0.2, 0.25) is 4.96 Å². The van der Waals surface area contributed by atoms with Gasteiger partial charge in [0, 0.05) is 23.9 Å². The number of halogens is 1. The maximum absolute atomic E-state index is 13.4. The van der Waals surface area contributed by atoms with Crippen LogP contribution in [0.2, 0.25) is 0 Å². The van der Waals surface area contributed by atoms with E-state index in [4.69, 9.17) is 4.74 Å². The minimum atomic E-state index is -0.293. The largest absolute Gasteiger partial charge is 0.376 e. The monoisotopic (exact) mass is 458 g/mol. The summed E-state index contributed by atoms with van der Waals surface area (Å²) in [7, 11) is 0. The molecule has 31 heavy (non-hydrogen) atoms. The van der Waals surface area contributed by atoms with Gasteiger partial charge < -0.3 is 4.74 Å². The molecule has 5 rings (SSSR count). The van der Waals surface area contributed by atoms with E-state index in [1.165, 1.54) is 45.8 Å². The summed E-state index contributed by atoms with van der Waals surface area (Å²) in [6, 6.07) is 7.71. The molecule has 0 unspecified atom stereocenters. The molecule has 4 aromatic rings. The van der Waals surface area contributed by atoms with Gasteiger partial charge in [-0.25, -0.2) is 9.37 Å². The molecule has 3 aromatic heterocycles. The number of thioether (sulfide) groups is 1. The van der Waals surface area contributed by atoms with E-state index in [1.807, 2.05) is 4.57 Å². The van der Waals surface area contributed by atoms with E-state index in [0.29, 0.717) is 28.8 Å². The molecule has 0 N–H and O–H groups in total. The smallest absolute Gasteiger partial charge is 0.275 e. The third-order valence-electron chi connectivity index (χ3n) is 4.97. The van der Waals surface area contributed by atoms with Gasteiger partial charge in [-0.15, -0.1) is 10.2 Å². The number of hydrogen-bond acceptors (Lipinski definition) is 8. The van der Waals surface area contributed by atoms with Gasteiger partial charge in [0.25, 0.3) is 5.56 Å². The van der Waals surface area contributed by atoms with Gasteiger partial charge in [0.1, 0.15) is 10.8 Å². The van der Waals surface area contributed by atoms with Crippen LogP contribution < -0.4 is 5.56 Å². The summed E-state index contributed by atoms with van der Waals surface area (Å²) in [4.78, 5) is 17.1. The lowest BCUT2D eigenvalue weighted by molar-refractivity contribution is 0.0953. The van der Waals surface area contributed by atoms with Crippen molar-refractivity contribution in [2.75, 3.05) is 6.61 Å². The molecule has 0 spiro atoms. The lowest BCUT2D eigenvalue weighted by Crippen LogP contribution is -2.16. The second-order valence-corrected chi connectivity index (χ2v) is 9.26. The van der Waals surface area contributed by atoms with Crippen molar-refractivity contribution in [1.82, 2.24) is 29.4 Å². The summed E-state index contributed by atoms with van der Waals surface area (Å²) in [6.45, 7) is 3.18. The van der Waals surface area contributed by atoms with E-state index in [1.54, 1.807) is 19.1 Å². The number of benzene rings is 1. The Balaban J connectivity index is 1.43. The van der Waals surface area contributed by atoms with Crippen LogP contribution in [0.4, 0.5) is 4.39 Å². The molecule has 0 bridgehead atoms. The van der Waals surface area contributed by atoms with E-state index in [2.05, 4.69) is 20.3 Å². The van der Waals surface area contributed by atoms with E-state index < -0.39 is 0 Å². The zero-order valence-electron chi connectivity index (χ0n) is 16.7. The Bertz CT molecular complexity index is 1280. The predicted molar refractivity (Wildman–Crippen MR) is 116 cm³/mol. The lowest BCUT2D eigenvalue weighted by atomic mass is 10.2.